The quantitative estimate of drug-likeness (QED) is 0.370. The van der Waals surface area contributed by atoms with Gasteiger partial charge < -0.3 is 44.5 Å². The van der Waals surface area contributed by atoms with Gasteiger partial charge in [0.25, 0.3) is 0 Å². The summed E-state index contributed by atoms with van der Waals surface area (Å²) in [4.78, 5) is 0. The summed E-state index contributed by atoms with van der Waals surface area (Å²) in [6.45, 7) is 4.72. The topological polar surface area (TPSA) is 58.9 Å². The molecule has 0 amide bonds. The first-order valence-corrected chi connectivity index (χ1v) is 7.22. The second-order valence-corrected chi connectivity index (χ2v) is 5.42. The van der Waals surface area contributed by atoms with Crippen LogP contribution in [-0.4, -0.2) is 36.6 Å². The molecule has 24 heavy (non-hydrogen) atoms. The molecule has 0 fully saturated rings. The number of hydrogen-bond acceptors (Lipinski definition) is 4. The summed E-state index contributed by atoms with van der Waals surface area (Å²) >= 11 is 0. The van der Waals surface area contributed by atoms with Crippen LogP contribution < -0.4 is 24.8 Å². The number of allylic oxidation sites excluding steroid dienone is 6. The summed E-state index contributed by atoms with van der Waals surface area (Å²) in [5.74, 6) is 1.42. The van der Waals surface area contributed by atoms with E-state index in [1.807, 2.05) is 0 Å². The predicted octanol–water partition coefficient (Wildman–Crippen LogP) is -3.93. The van der Waals surface area contributed by atoms with Crippen LogP contribution in [0.5, 0.6) is 0 Å². The van der Waals surface area contributed by atoms with E-state index in [4.69, 9.17) is 19.7 Å². The molecule has 0 aliphatic heterocycles. The van der Waals surface area contributed by atoms with Gasteiger partial charge in [0.05, 0.1) is 13.2 Å². The van der Waals surface area contributed by atoms with Crippen molar-refractivity contribution in [1.29, 1.82) is 0 Å². The number of hydrogen-bond donors (Lipinski definition) is 2. The number of halogens is 2. The van der Waals surface area contributed by atoms with Crippen LogP contribution in [0, 0.1) is 17.6 Å². The van der Waals surface area contributed by atoms with E-state index in [2.05, 4.69) is 38.2 Å². The van der Waals surface area contributed by atoms with Crippen LogP contribution in [-0.2, 0) is 35.7 Å². The van der Waals surface area contributed by atoms with Gasteiger partial charge in [-0.1, -0.05) is 13.8 Å². The first-order valence-electron chi connectivity index (χ1n) is 7.22. The van der Waals surface area contributed by atoms with Crippen LogP contribution in [0.25, 0.3) is 0 Å². The Morgan fingerprint density at radius 1 is 0.917 bits per heavy atom. The van der Waals surface area contributed by atoms with Crippen molar-refractivity contribution in [1.82, 2.24) is 0 Å². The molecule has 7 heteroatoms. The molecule has 2 aliphatic rings. The average Bonchev–Trinajstić information content (AvgIpc) is 3.11. The molecule has 4 nitrogen and oxygen atoms in total. The number of aliphatic hydroxyl groups is 2. The van der Waals surface area contributed by atoms with Gasteiger partial charge in [-0.25, -0.2) is 12.2 Å². The van der Waals surface area contributed by atoms with Crippen molar-refractivity contribution in [3.63, 3.8) is 0 Å². The summed E-state index contributed by atoms with van der Waals surface area (Å²) in [6, 6.07) is 0. The Labute approximate surface area is 175 Å². The van der Waals surface area contributed by atoms with E-state index in [1.165, 1.54) is 0 Å². The van der Waals surface area contributed by atoms with Crippen molar-refractivity contribution in [3.8, 4) is 0 Å². The zero-order valence-electron chi connectivity index (χ0n) is 13.9. The van der Waals surface area contributed by atoms with E-state index in [9.17, 15) is 0 Å². The monoisotopic (exact) mass is 450 g/mol. The molecule has 0 unspecified atom stereocenters. The second kappa shape index (κ2) is 12.3. The van der Waals surface area contributed by atoms with Gasteiger partial charge in [0.1, 0.15) is 13.2 Å². The minimum Gasteiger partial charge on any atom is -1.00 e. The maximum absolute atomic E-state index is 8.91. The number of ether oxygens (including phenoxy) is 2. The summed E-state index contributed by atoms with van der Waals surface area (Å²) in [5, 5.41) is 17.8. The van der Waals surface area contributed by atoms with E-state index in [-0.39, 0.29) is 82.9 Å². The average molecular weight is 452 g/mol. The first-order chi connectivity index (χ1) is 10.1. The van der Waals surface area contributed by atoms with Crippen molar-refractivity contribution in [2.75, 3.05) is 26.4 Å². The molecule has 0 heterocycles. The molecule has 0 saturated heterocycles. The zero-order chi connectivity index (χ0) is 15.3. The molecule has 132 valence electrons. The number of aliphatic hydroxyl groups excluding tert-OH is 2. The van der Waals surface area contributed by atoms with E-state index in [1.54, 1.807) is 0 Å². The third-order valence-electron chi connectivity index (χ3n) is 3.65. The van der Waals surface area contributed by atoms with Gasteiger partial charge in [0.2, 0.25) is 0 Å². The summed E-state index contributed by atoms with van der Waals surface area (Å²) in [5.41, 5.74) is 1.81. The van der Waals surface area contributed by atoms with Gasteiger partial charge in [-0.3, -0.25) is 0 Å². The molecule has 0 saturated carbocycles. The predicted molar refractivity (Wildman–Crippen MR) is 78.8 cm³/mol. The Morgan fingerprint density at radius 2 is 1.29 bits per heavy atom. The fraction of sp³-hybridized carbons (Fsp3) is 0.529. The molecule has 2 N–H and O–H groups in total. The Balaban J connectivity index is 0. The minimum absolute atomic E-state index is 0. The van der Waals surface area contributed by atoms with Gasteiger partial charge >= 0.3 is 26.2 Å². The fourth-order valence-electron chi connectivity index (χ4n) is 2.64. The molecular formula is C17H22Cl2O4Zr. The van der Waals surface area contributed by atoms with E-state index >= 15 is 0 Å². The van der Waals surface area contributed by atoms with Gasteiger partial charge in [-0.05, 0) is 11.5 Å². The van der Waals surface area contributed by atoms with Crippen LogP contribution in [0.3, 0.4) is 0 Å². The fourth-order valence-corrected chi connectivity index (χ4v) is 2.64. The molecule has 0 aromatic carbocycles. The van der Waals surface area contributed by atoms with Crippen LogP contribution in [0.4, 0.5) is 0 Å². The normalized spacial score (nSPS) is 15.8. The summed E-state index contributed by atoms with van der Waals surface area (Å²) in [6.07, 6.45) is 12.0. The third-order valence-corrected chi connectivity index (χ3v) is 3.65. The summed E-state index contributed by atoms with van der Waals surface area (Å²) in [7, 11) is 0. The standard InChI is InChI=1S/C17H22O4.2ClH.Zr/c1-17(2,13-5-3-7-15(13)20-11-9-18)14-6-4-8-16(14)21-12-10-19;;;/h5-6,18-19H,3-4,9-12H2,1-2H3;2*1H;/q-2;;;+4/p-2. The van der Waals surface area contributed by atoms with Crippen LogP contribution >= 0.6 is 0 Å². The second-order valence-electron chi connectivity index (χ2n) is 5.42. The van der Waals surface area contributed by atoms with E-state index < -0.39 is 0 Å². The first kappa shape index (κ1) is 26.2. The Hall–Kier alpha value is -0.0569. The van der Waals surface area contributed by atoms with Gasteiger partial charge in [-0.2, -0.15) is 23.3 Å². The van der Waals surface area contributed by atoms with Crippen molar-refractivity contribution < 1.29 is 70.7 Å². The van der Waals surface area contributed by atoms with Gasteiger partial charge in [0.15, 0.2) is 0 Å². The zero-order valence-corrected chi connectivity index (χ0v) is 17.8. The summed E-state index contributed by atoms with van der Waals surface area (Å²) < 4.78 is 11.2. The van der Waals surface area contributed by atoms with Crippen molar-refractivity contribution in [2.45, 2.75) is 26.7 Å². The van der Waals surface area contributed by atoms with Gasteiger partial charge in [0, 0.05) is 0 Å². The Morgan fingerprint density at radius 3 is 1.62 bits per heavy atom. The smallest absolute Gasteiger partial charge is 1.00 e. The van der Waals surface area contributed by atoms with E-state index in [0.29, 0.717) is 24.4 Å². The maximum atomic E-state index is 8.91. The molecule has 0 aromatic rings. The van der Waals surface area contributed by atoms with Crippen molar-refractivity contribution in [3.05, 3.63) is 47.0 Å². The third kappa shape index (κ3) is 6.03. The molecular weight excluding hydrogens is 430 g/mol. The Kier molecular flexibility index (Phi) is 13.4. The molecule has 2 rings (SSSR count). The molecule has 0 atom stereocenters. The molecule has 2 aliphatic carbocycles. The minimum atomic E-state index is -0.289. The number of rotatable bonds is 8. The van der Waals surface area contributed by atoms with Crippen molar-refractivity contribution >= 4 is 0 Å². The van der Waals surface area contributed by atoms with Gasteiger partial charge in [-0.15, -0.1) is 18.3 Å². The molecule has 0 radical (unpaired) electrons. The van der Waals surface area contributed by atoms with E-state index in [0.717, 1.165) is 11.1 Å². The van der Waals surface area contributed by atoms with Crippen LogP contribution in [0.1, 0.15) is 26.7 Å². The van der Waals surface area contributed by atoms with Crippen LogP contribution in [0.2, 0.25) is 0 Å². The van der Waals surface area contributed by atoms with Crippen molar-refractivity contribution in [2.24, 2.45) is 5.41 Å². The SMILES string of the molecule is CC(C)(C1=CC[C-]=C1OCCO)C1=CC[C-]=C1OCCO.[Cl-].[Cl-].[Zr+4]. The molecule has 0 aromatic heterocycles. The molecule has 0 bridgehead atoms. The molecule has 0 spiro atoms. The maximum Gasteiger partial charge on any atom is 4.00 e. The van der Waals surface area contributed by atoms with Crippen LogP contribution in [0.15, 0.2) is 34.8 Å². The Bertz CT molecular complexity index is 467. The largest absolute Gasteiger partial charge is 4.00 e.